The Balaban J connectivity index is 0.00000240. The maximum absolute atomic E-state index is 13.4. The summed E-state index contributed by atoms with van der Waals surface area (Å²) < 4.78 is 12.1. The molecule has 3 aromatic rings. The number of halogens is 2. The molecule has 0 fully saturated rings. The van der Waals surface area contributed by atoms with E-state index in [0.717, 1.165) is 4.70 Å². The number of para-hydroxylation sites is 1. The summed E-state index contributed by atoms with van der Waals surface area (Å²) >= 11 is 7.74. The fourth-order valence-electron chi connectivity index (χ4n) is 2.93. The minimum absolute atomic E-state index is 0. The van der Waals surface area contributed by atoms with Crippen LogP contribution in [0.2, 0.25) is 5.02 Å². The number of rotatable bonds is 5. The topological polar surface area (TPSA) is 54.9 Å². The smallest absolute Gasteiger partial charge is 0.260 e. The Morgan fingerprint density at radius 1 is 1.14 bits per heavy atom. The van der Waals surface area contributed by atoms with Gasteiger partial charge in [0.2, 0.25) is 0 Å². The molecule has 0 spiro atoms. The van der Waals surface area contributed by atoms with Crippen LogP contribution in [-0.4, -0.2) is 56.2 Å². The molecule has 0 bridgehead atoms. The van der Waals surface area contributed by atoms with Gasteiger partial charge in [-0.15, -0.1) is 0 Å². The SMILES string of the molecule is CN(C)CCN(C(=O)c1ccc2c(c1)OCCO2)c1nc2c(Cl)cccc2s1.[Cl-]. The van der Waals surface area contributed by atoms with Gasteiger partial charge in [0.05, 0.1) is 9.72 Å². The lowest BCUT2D eigenvalue weighted by Crippen LogP contribution is -3.00. The summed E-state index contributed by atoms with van der Waals surface area (Å²) in [4.78, 5) is 21.7. The molecule has 0 unspecified atom stereocenters. The van der Waals surface area contributed by atoms with E-state index in [-0.39, 0.29) is 18.3 Å². The number of fused-ring (bicyclic) bond motifs is 2. The van der Waals surface area contributed by atoms with E-state index in [1.54, 1.807) is 29.2 Å². The number of aromatic nitrogens is 1. The van der Waals surface area contributed by atoms with Gasteiger partial charge in [-0.3, -0.25) is 9.69 Å². The maximum atomic E-state index is 13.4. The number of hydrogen-bond acceptors (Lipinski definition) is 6. The minimum Gasteiger partial charge on any atom is -1.00 e. The van der Waals surface area contributed by atoms with Crippen molar-refractivity contribution in [3.63, 3.8) is 0 Å². The summed E-state index contributed by atoms with van der Waals surface area (Å²) in [6.07, 6.45) is 0. The zero-order valence-electron chi connectivity index (χ0n) is 16.0. The van der Waals surface area contributed by atoms with Crippen molar-refractivity contribution in [2.24, 2.45) is 0 Å². The Bertz CT molecular complexity index is 1030. The fourth-order valence-corrected chi connectivity index (χ4v) is 4.22. The molecule has 0 saturated heterocycles. The van der Waals surface area contributed by atoms with Gasteiger partial charge in [0.25, 0.3) is 5.91 Å². The number of anilines is 1. The Kier molecular flexibility index (Phi) is 6.85. The molecule has 2 heterocycles. The number of benzene rings is 2. The predicted octanol–water partition coefficient (Wildman–Crippen LogP) is 0.933. The van der Waals surface area contributed by atoms with Gasteiger partial charge in [-0.05, 0) is 44.4 Å². The molecule has 1 aliphatic rings. The molecule has 4 rings (SSSR count). The number of amides is 1. The van der Waals surface area contributed by atoms with Crippen molar-refractivity contribution in [2.75, 3.05) is 45.3 Å². The third-order valence-electron chi connectivity index (χ3n) is 4.39. The lowest BCUT2D eigenvalue weighted by atomic mass is 10.1. The molecule has 29 heavy (non-hydrogen) atoms. The number of ether oxygens (including phenoxy) is 2. The second-order valence-electron chi connectivity index (χ2n) is 6.70. The van der Waals surface area contributed by atoms with Crippen LogP contribution in [0.4, 0.5) is 5.13 Å². The van der Waals surface area contributed by atoms with Crippen LogP contribution in [0, 0.1) is 0 Å². The van der Waals surface area contributed by atoms with E-state index < -0.39 is 0 Å². The Morgan fingerprint density at radius 2 is 1.90 bits per heavy atom. The summed E-state index contributed by atoms with van der Waals surface area (Å²) in [5.74, 6) is 1.13. The summed E-state index contributed by atoms with van der Waals surface area (Å²) in [6.45, 7) is 2.21. The van der Waals surface area contributed by atoms with Crippen molar-refractivity contribution in [2.45, 2.75) is 0 Å². The lowest BCUT2D eigenvalue weighted by molar-refractivity contribution is -0.0000138. The van der Waals surface area contributed by atoms with Crippen LogP contribution in [0.3, 0.4) is 0 Å². The van der Waals surface area contributed by atoms with Gasteiger partial charge < -0.3 is 26.8 Å². The van der Waals surface area contributed by atoms with Crippen LogP contribution in [0.25, 0.3) is 10.2 Å². The molecule has 154 valence electrons. The lowest BCUT2D eigenvalue weighted by Gasteiger charge is -2.23. The molecular formula is C20H20Cl2N3O3S-. The van der Waals surface area contributed by atoms with Gasteiger partial charge in [-0.25, -0.2) is 4.98 Å². The van der Waals surface area contributed by atoms with Crippen LogP contribution >= 0.6 is 22.9 Å². The number of carbonyl (C=O) groups excluding carboxylic acids is 1. The molecule has 0 radical (unpaired) electrons. The van der Waals surface area contributed by atoms with E-state index in [4.69, 9.17) is 21.1 Å². The number of carbonyl (C=O) groups is 1. The Hall–Kier alpha value is -2.06. The minimum atomic E-state index is -0.131. The van der Waals surface area contributed by atoms with Crippen LogP contribution in [0.15, 0.2) is 36.4 Å². The largest absolute Gasteiger partial charge is 1.00 e. The number of hydrogen-bond donors (Lipinski definition) is 0. The van der Waals surface area contributed by atoms with Gasteiger partial charge in [-0.2, -0.15) is 0 Å². The Morgan fingerprint density at radius 3 is 2.62 bits per heavy atom. The van der Waals surface area contributed by atoms with E-state index in [1.165, 1.54) is 11.3 Å². The molecule has 2 aromatic carbocycles. The third-order valence-corrected chi connectivity index (χ3v) is 5.74. The number of likely N-dealkylation sites (N-methyl/N-ethyl adjacent to an activating group) is 1. The normalized spacial score (nSPS) is 12.7. The van der Waals surface area contributed by atoms with Gasteiger partial charge in [-0.1, -0.05) is 29.0 Å². The van der Waals surface area contributed by atoms with Crippen LogP contribution in [0.5, 0.6) is 11.5 Å². The highest BCUT2D eigenvalue weighted by molar-refractivity contribution is 7.22. The highest BCUT2D eigenvalue weighted by Crippen LogP contribution is 2.35. The zero-order chi connectivity index (χ0) is 19.7. The second kappa shape index (κ2) is 9.17. The summed E-state index contributed by atoms with van der Waals surface area (Å²) in [5.41, 5.74) is 1.25. The van der Waals surface area contributed by atoms with E-state index >= 15 is 0 Å². The number of thiazole rings is 1. The highest BCUT2D eigenvalue weighted by Gasteiger charge is 2.24. The quantitative estimate of drug-likeness (QED) is 0.576. The van der Waals surface area contributed by atoms with Crippen molar-refractivity contribution in [1.82, 2.24) is 9.88 Å². The number of nitrogens with zero attached hydrogens (tertiary/aromatic N) is 3. The Labute approximate surface area is 184 Å². The van der Waals surface area contributed by atoms with Crippen molar-refractivity contribution in [1.29, 1.82) is 0 Å². The zero-order valence-corrected chi connectivity index (χ0v) is 18.4. The molecule has 6 nitrogen and oxygen atoms in total. The fraction of sp³-hybridized carbons (Fsp3) is 0.300. The van der Waals surface area contributed by atoms with Gasteiger partial charge in [0, 0.05) is 18.7 Å². The van der Waals surface area contributed by atoms with E-state index in [1.807, 2.05) is 31.1 Å². The third kappa shape index (κ3) is 4.59. The molecule has 9 heteroatoms. The average Bonchev–Trinajstić information content (AvgIpc) is 3.12. The predicted molar refractivity (Wildman–Crippen MR) is 112 cm³/mol. The van der Waals surface area contributed by atoms with E-state index in [0.29, 0.717) is 59.0 Å². The second-order valence-corrected chi connectivity index (χ2v) is 8.12. The molecular weight excluding hydrogens is 433 g/mol. The molecule has 0 saturated carbocycles. The molecule has 1 amide bonds. The van der Waals surface area contributed by atoms with Gasteiger partial charge >= 0.3 is 0 Å². The average molecular weight is 453 g/mol. The molecule has 1 aromatic heterocycles. The summed E-state index contributed by atoms with van der Waals surface area (Å²) in [6, 6.07) is 10.9. The van der Waals surface area contributed by atoms with Crippen molar-refractivity contribution in [3.05, 3.63) is 47.0 Å². The first-order chi connectivity index (χ1) is 13.5. The molecule has 0 atom stereocenters. The first-order valence-electron chi connectivity index (χ1n) is 8.94. The van der Waals surface area contributed by atoms with Crippen molar-refractivity contribution < 1.29 is 26.7 Å². The van der Waals surface area contributed by atoms with Crippen molar-refractivity contribution in [3.8, 4) is 11.5 Å². The molecule has 1 aliphatic heterocycles. The highest BCUT2D eigenvalue weighted by atomic mass is 35.5. The van der Waals surface area contributed by atoms with Crippen LogP contribution < -0.4 is 26.8 Å². The summed E-state index contributed by atoms with van der Waals surface area (Å²) in [7, 11) is 3.95. The van der Waals surface area contributed by atoms with Crippen LogP contribution in [0.1, 0.15) is 10.4 Å². The van der Waals surface area contributed by atoms with Crippen LogP contribution in [-0.2, 0) is 0 Å². The molecule has 0 aliphatic carbocycles. The van der Waals surface area contributed by atoms with E-state index in [2.05, 4.69) is 4.98 Å². The monoisotopic (exact) mass is 452 g/mol. The molecule has 0 N–H and O–H groups in total. The summed E-state index contributed by atoms with van der Waals surface area (Å²) in [5, 5.41) is 1.21. The maximum Gasteiger partial charge on any atom is 0.260 e. The van der Waals surface area contributed by atoms with Crippen molar-refractivity contribution >= 4 is 44.2 Å². The first-order valence-corrected chi connectivity index (χ1v) is 10.1. The van der Waals surface area contributed by atoms with E-state index in [9.17, 15) is 4.79 Å². The first kappa shape index (κ1) is 21.6. The van der Waals surface area contributed by atoms with Gasteiger partial charge in [0.15, 0.2) is 16.6 Å². The standard InChI is InChI=1S/C20H20ClN3O3S.ClH/c1-23(2)8-9-24(20-22-18-14(21)4-3-5-17(18)28-20)19(25)13-6-7-15-16(12-13)27-11-10-26-15;/h3-7,12H,8-11H2,1-2H3;1H/p-1. The van der Waals surface area contributed by atoms with Gasteiger partial charge in [0.1, 0.15) is 18.7 Å².